The highest BCUT2D eigenvalue weighted by atomic mass is 16.5. The number of likely N-dealkylation sites (tertiary alicyclic amines) is 1. The van der Waals surface area contributed by atoms with Gasteiger partial charge in [-0.25, -0.2) is 0 Å². The quantitative estimate of drug-likeness (QED) is 0.773. The second-order valence-corrected chi connectivity index (χ2v) is 6.43. The minimum Gasteiger partial charge on any atom is -0.339 e. The normalized spacial score (nSPS) is 23.9. The van der Waals surface area contributed by atoms with Crippen molar-refractivity contribution in [1.82, 2.24) is 19.9 Å². The lowest BCUT2D eigenvalue weighted by atomic mass is 9.85. The summed E-state index contributed by atoms with van der Waals surface area (Å²) < 4.78 is 5.43. The van der Waals surface area contributed by atoms with Crippen LogP contribution in [0.3, 0.4) is 0 Å². The van der Waals surface area contributed by atoms with Crippen LogP contribution in [0.25, 0.3) is 0 Å². The minimum absolute atomic E-state index is 0.534. The van der Waals surface area contributed by atoms with Gasteiger partial charge in [-0.05, 0) is 45.3 Å². The number of likely N-dealkylation sites (N-methyl/N-ethyl adjacent to an activating group) is 2. The van der Waals surface area contributed by atoms with E-state index in [0.29, 0.717) is 12.0 Å². The van der Waals surface area contributed by atoms with E-state index in [0.717, 1.165) is 37.9 Å². The lowest BCUT2D eigenvalue weighted by Crippen LogP contribution is -2.40. The first kappa shape index (κ1) is 15.0. The van der Waals surface area contributed by atoms with Crippen molar-refractivity contribution in [3.05, 3.63) is 11.7 Å². The molecule has 1 aromatic rings. The van der Waals surface area contributed by atoms with Gasteiger partial charge in [0.2, 0.25) is 5.89 Å². The molecule has 1 saturated heterocycles. The second kappa shape index (κ2) is 6.88. The van der Waals surface area contributed by atoms with E-state index >= 15 is 0 Å². The first-order valence-electron chi connectivity index (χ1n) is 8.59. The summed E-state index contributed by atoms with van der Waals surface area (Å²) in [5.74, 6) is 2.26. The van der Waals surface area contributed by atoms with Crippen LogP contribution in [0.1, 0.15) is 63.6 Å². The Morgan fingerprint density at radius 1 is 1.24 bits per heavy atom. The number of rotatable bonds is 7. The fraction of sp³-hybridized carbons (Fsp3) is 0.875. The van der Waals surface area contributed by atoms with Crippen molar-refractivity contribution < 1.29 is 4.52 Å². The molecule has 0 bridgehead atoms. The van der Waals surface area contributed by atoms with Gasteiger partial charge in [-0.3, -0.25) is 9.80 Å². The Kier molecular flexibility index (Phi) is 4.91. The lowest BCUT2D eigenvalue weighted by molar-refractivity contribution is 0.173. The van der Waals surface area contributed by atoms with E-state index in [1.165, 1.54) is 38.6 Å². The molecule has 1 aliphatic heterocycles. The van der Waals surface area contributed by atoms with Crippen molar-refractivity contribution >= 4 is 0 Å². The number of nitrogens with zero attached hydrogens (tertiary/aromatic N) is 4. The maximum atomic E-state index is 5.43. The zero-order valence-electron chi connectivity index (χ0n) is 13.4. The van der Waals surface area contributed by atoms with E-state index in [9.17, 15) is 0 Å². The van der Waals surface area contributed by atoms with E-state index in [-0.39, 0.29) is 0 Å². The molecule has 2 fully saturated rings. The zero-order valence-corrected chi connectivity index (χ0v) is 13.4. The molecule has 21 heavy (non-hydrogen) atoms. The Labute approximate surface area is 127 Å². The average molecular weight is 292 g/mol. The molecular formula is C16H28N4O. The maximum Gasteiger partial charge on any atom is 0.229 e. The maximum absolute atomic E-state index is 5.43. The molecule has 0 aromatic carbocycles. The third-order valence-corrected chi connectivity index (χ3v) is 5.12. The Balaban J connectivity index is 1.55. The Morgan fingerprint density at radius 3 is 2.76 bits per heavy atom. The molecule has 5 nitrogen and oxygen atoms in total. The van der Waals surface area contributed by atoms with Crippen LogP contribution in [-0.4, -0.2) is 52.2 Å². The van der Waals surface area contributed by atoms with Gasteiger partial charge in [-0.15, -0.1) is 0 Å². The molecule has 0 radical (unpaired) electrons. The summed E-state index contributed by atoms with van der Waals surface area (Å²) in [6.07, 6.45) is 6.39. The van der Waals surface area contributed by atoms with Crippen LogP contribution >= 0.6 is 0 Å². The van der Waals surface area contributed by atoms with E-state index in [1.54, 1.807) is 0 Å². The lowest BCUT2D eigenvalue weighted by Gasteiger charge is -2.28. The number of hydrogen-bond acceptors (Lipinski definition) is 5. The predicted octanol–water partition coefficient (Wildman–Crippen LogP) is 2.64. The molecule has 0 unspecified atom stereocenters. The second-order valence-electron chi connectivity index (χ2n) is 6.43. The number of aromatic nitrogens is 2. The summed E-state index contributed by atoms with van der Waals surface area (Å²) >= 11 is 0. The van der Waals surface area contributed by atoms with E-state index in [4.69, 9.17) is 4.52 Å². The van der Waals surface area contributed by atoms with E-state index in [2.05, 4.69) is 33.8 Å². The Bertz CT molecular complexity index is 443. The molecular weight excluding hydrogens is 264 g/mol. The fourth-order valence-electron chi connectivity index (χ4n) is 3.47. The van der Waals surface area contributed by atoms with E-state index in [1.807, 2.05) is 0 Å². The summed E-state index contributed by atoms with van der Waals surface area (Å²) in [5, 5.41) is 4.18. The third-order valence-electron chi connectivity index (χ3n) is 5.12. The van der Waals surface area contributed by atoms with Gasteiger partial charge in [0.1, 0.15) is 0 Å². The highest BCUT2D eigenvalue weighted by Gasteiger charge is 2.27. The van der Waals surface area contributed by atoms with Crippen molar-refractivity contribution in [2.45, 2.75) is 64.5 Å². The van der Waals surface area contributed by atoms with Crippen molar-refractivity contribution in [3.63, 3.8) is 0 Å². The van der Waals surface area contributed by atoms with Crippen LogP contribution in [0.15, 0.2) is 4.52 Å². The van der Waals surface area contributed by atoms with Crippen LogP contribution in [0.4, 0.5) is 0 Å². The summed E-state index contributed by atoms with van der Waals surface area (Å²) in [6.45, 7) is 9.89. The molecule has 2 heterocycles. The summed E-state index contributed by atoms with van der Waals surface area (Å²) in [5.41, 5.74) is 0. The molecule has 118 valence electrons. The van der Waals surface area contributed by atoms with Gasteiger partial charge in [0.15, 0.2) is 5.82 Å². The predicted molar refractivity (Wildman–Crippen MR) is 82.1 cm³/mol. The van der Waals surface area contributed by atoms with Crippen LogP contribution < -0.4 is 0 Å². The molecule has 3 rings (SSSR count). The highest BCUT2D eigenvalue weighted by molar-refractivity contribution is 4.98. The molecule has 5 heteroatoms. The SMILES string of the molecule is CCN(Cc1noc(C2CCC2)n1)C[C@H]1CCCN1CC. The van der Waals surface area contributed by atoms with E-state index < -0.39 is 0 Å². The summed E-state index contributed by atoms with van der Waals surface area (Å²) in [4.78, 5) is 9.65. The van der Waals surface area contributed by atoms with Gasteiger partial charge in [0, 0.05) is 18.5 Å². The molecule has 2 aliphatic rings. The van der Waals surface area contributed by atoms with Crippen LogP contribution in [0, 0.1) is 0 Å². The Hall–Kier alpha value is -0.940. The van der Waals surface area contributed by atoms with Gasteiger partial charge in [-0.1, -0.05) is 25.4 Å². The molecule has 1 aliphatic carbocycles. The first-order chi connectivity index (χ1) is 10.3. The highest BCUT2D eigenvalue weighted by Crippen LogP contribution is 2.35. The summed E-state index contributed by atoms with van der Waals surface area (Å²) in [7, 11) is 0. The first-order valence-corrected chi connectivity index (χ1v) is 8.59. The molecule has 1 saturated carbocycles. The summed E-state index contributed by atoms with van der Waals surface area (Å²) in [6, 6.07) is 0.702. The molecule has 0 N–H and O–H groups in total. The molecule has 1 atom stereocenters. The third kappa shape index (κ3) is 3.46. The van der Waals surface area contributed by atoms with Gasteiger partial charge >= 0.3 is 0 Å². The van der Waals surface area contributed by atoms with Crippen molar-refractivity contribution in [1.29, 1.82) is 0 Å². The smallest absolute Gasteiger partial charge is 0.229 e. The topological polar surface area (TPSA) is 45.4 Å². The van der Waals surface area contributed by atoms with Gasteiger partial charge < -0.3 is 4.52 Å². The van der Waals surface area contributed by atoms with Crippen LogP contribution in [-0.2, 0) is 6.54 Å². The monoisotopic (exact) mass is 292 g/mol. The van der Waals surface area contributed by atoms with Crippen molar-refractivity contribution in [2.75, 3.05) is 26.2 Å². The van der Waals surface area contributed by atoms with Gasteiger partial charge in [0.25, 0.3) is 0 Å². The van der Waals surface area contributed by atoms with Crippen molar-refractivity contribution in [2.24, 2.45) is 0 Å². The van der Waals surface area contributed by atoms with Gasteiger partial charge in [0.05, 0.1) is 6.54 Å². The molecule has 1 aromatic heterocycles. The molecule has 0 amide bonds. The number of hydrogen-bond donors (Lipinski definition) is 0. The van der Waals surface area contributed by atoms with Crippen LogP contribution in [0.5, 0.6) is 0 Å². The van der Waals surface area contributed by atoms with Gasteiger partial charge in [-0.2, -0.15) is 4.98 Å². The Morgan fingerprint density at radius 2 is 2.10 bits per heavy atom. The average Bonchev–Trinajstić information content (AvgIpc) is 3.05. The largest absolute Gasteiger partial charge is 0.339 e. The zero-order chi connectivity index (χ0) is 14.7. The standard InChI is InChI=1S/C16H28N4O/c1-3-19(11-14-9-6-10-20(14)4-2)12-15-17-16(21-18-15)13-7-5-8-13/h13-14H,3-12H2,1-2H3/t14-/m1/s1. The minimum atomic E-state index is 0.534. The fourth-order valence-corrected chi connectivity index (χ4v) is 3.47. The van der Waals surface area contributed by atoms with Crippen molar-refractivity contribution in [3.8, 4) is 0 Å². The van der Waals surface area contributed by atoms with Crippen LogP contribution in [0.2, 0.25) is 0 Å². The molecule has 0 spiro atoms.